The molecule has 0 bridgehead atoms. The van der Waals surface area contributed by atoms with E-state index < -0.39 is 15.9 Å². The van der Waals surface area contributed by atoms with E-state index in [1.54, 1.807) is 18.1 Å². The minimum atomic E-state index is -3.80. The Morgan fingerprint density at radius 3 is 2.47 bits per heavy atom. The number of piperazine rings is 1. The van der Waals surface area contributed by atoms with E-state index in [4.69, 9.17) is 4.74 Å². The second kappa shape index (κ2) is 9.65. The van der Waals surface area contributed by atoms with E-state index in [1.165, 1.54) is 35.5 Å². The molecule has 11 heteroatoms. The zero-order chi connectivity index (χ0) is 24.3. The molecular formula is C23H25N5O5S. The molecule has 0 spiro atoms. The van der Waals surface area contributed by atoms with Gasteiger partial charge in [0.15, 0.2) is 5.82 Å². The fraction of sp³-hybridized carbons (Fsp3) is 0.261. The number of H-pyrrole nitrogens is 1. The van der Waals surface area contributed by atoms with Crippen LogP contribution in [0.25, 0.3) is 11.3 Å². The van der Waals surface area contributed by atoms with Crippen LogP contribution in [0.2, 0.25) is 0 Å². The number of carbonyl (C=O) groups is 2. The summed E-state index contributed by atoms with van der Waals surface area (Å²) in [4.78, 5) is 26.0. The average molecular weight is 484 g/mol. The summed E-state index contributed by atoms with van der Waals surface area (Å²) < 4.78 is 32.8. The molecule has 10 nitrogen and oxygen atoms in total. The van der Waals surface area contributed by atoms with Crippen LogP contribution in [0, 0.1) is 0 Å². The summed E-state index contributed by atoms with van der Waals surface area (Å²) in [6.45, 7) is 2.55. The number of aromatic nitrogens is 2. The SMILES string of the molecule is COc1ccccc1-c1cc(NC(=O)c2cccc(S(=O)(=O)N3CCN(C(C)=O)CC3)c2)n[nH]1. The fourth-order valence-corrected chi connectivity index (χ4v) is 5.24. The number of amides is 2. The summed E-state index contributed by atoms with van der Waals surface area (Å²) in [6, 6.07) is 14.9. The van der Waals surface area contributed by atoms with Crippen molar-refractivity contribution in [2.75, 3.05) is 38.6 Å². The van der Waals surface area contributed by atoms with Crippen molar-refractivity contribution in [3.63, 3.8) is 0 Å². The van der Waals surface area contributed by atoms with Gasteiger partial charge in [0.05, 0.1) is 17.7 Å². The average Bonchev–Trinajstić information content (AvgIpc) is 3.32. The molecule has 0 unspecified atom stereocenters. The Morgan fingerprint density at radius 1 is 1.03 bits per heavy atom. The summed E-state index contributed by atoms with van der Waals surface area (Å²) in [5.74, 6) is 0.380. The maximum Gasteiger partial charge on any atom is 0.256 e. The fourth-order valence-electron chi connectivity index (χ4n) is 3.77. The largest absolute Gasteiger partial charge is 0.496 e. The molecule has 34 heavy (non-hydrogen) atoms. The smallest absolute Gasteiger partial charge is 0.256 e. The van der Waals surface area contributed by atoms with Gasteiger partial charge in [0, 0.05) is 50.3 Å². The molecular weight excluding hydrogens is 458 g/mol. The summed E-state index contributed by atoms with van der Waals surface area (Å²) in [5.41, 5.74) is 1.63. The number of aromatic amines is 1. The number of anilines is 1. The zero-order valence-corrected chi connectivity index (χ0v) is 19.6. The molecule has 0 radical (unpaired) electrons. The molecule has 0 saturated carbocycles. The maximum absolute atomic E-state index is 13.1. The van der Waals surface area contributed by atoms with Gasteiger partial charge >= 0.3 is 0 Å². The Bertz CT molecular complexity index is 1310. The molecule has 3 aromatic rings. The van der Waals surface area contributed by atoms with Gasteiger partial charge in [0.1, 0.15) is 5.75 Å². The second-order valence-electron chi connectivity index (χ2n) is 7.76. The van der Waals surface area contributed by atoms with Crippen LogP contribution in [-0.4, -0.2) is 72.9 Å². The third-order valence-electron chi connectivity index (χ3n) is 5.63. The van der Waals surface area contributed by atoms with Gasteiger partial charge < -0.3 is 15.0 Å². The number of benzene rings is 2. The Kier molecular flexibility index (Phi) is 6.66. The third-order valence-corrected chi connectivity index (χ3v) is 7.53. The predicted octanol–water partition coefficient (Wildman–Crippen LogP) is 2.19. The number of methoxy groups -OCH3 is 1. The van der Waals surface area contributed by atoms with Crippen LogP contribution in [0.15, 0.2) is 59.5 Å². The highest BCUT2D eigenvalue weighted by molar-refractivity contribution is 7.89. The molecule has 0 aliphatic carbocycles. The van der Waals surface area contributed by atoms with Crippen LogP contribution >= 0.6 is 0 Å². The highest BCUT2D eigenvalue weighted by atomic mass is 32.2. The molecule has 4 rings (SSSR count). The Morgan fingerprint density at radius 2 is 1.76 bits per heavy atom. The van der Waals surface area contributed by atoms with E-state index in [-0.39, 0.29) is 29.5 Å². The van der Waals surface area contributed by atoms with Crippen LogP contribution in [-0.2, 0) is 14.8 Å². The van der Waals surface area contributed by atoms with Crippen molar-refractivity contribution in [3.05, 3.63) is 60.2 Å². The maximum atomic E-state index is 13.1. The normalized spacial score (nSPS) is 14.6. The molecule has 1 aromatic heterocycles. The van der Waals surface area contributed by atoms with E-state index in [0.717, 1.165) is 5.56 Å². The van der Waals surface area contributed by atoms with Gasteiger partial charge in [0.2, 0.25) is 15.9 Å². The first-order valence-corrected chi connectivity index (χ1v) is 12.1. The lowest BCUT2D eigenvalue weighted by Gasteiger charge is -2.33. The van der Waals surface area contributed by atoms with Gasteiger partial charge in [-0.3, -0.25) is 14.7 Å². The van der Waals surface area contributed by atoms with Crippen LogP contribution in [0.5, 0.6) is 5.75 Å². The quantitative estimate of drug-likeness (QED) is 0.554. The van der Waals surface area contributed by atoms with Gasteiger partial charge in [0.25, 0.3) is 5.91 Å². The summed E-state index contributed by atoms with van der Waals surface area (Å²) in [5, 5.41) is 9.68. The first-order chi connectivity index (χ1) is 16.3. The second-order valence-corrected chi connectivity index (χ2v) is 9.70. The highest BCUT2D eigenvalue weighted by Crippen LogP contribution is 2.29. The van der Waals surface area contributed by atoms with Gasteiger partial charge in [-0.15, -0.1) is 0 Å². The Balaban J connectivity index is 1.48. The number of hydrogen-bond donors (Lipinski definition) is 2. The number of ether oxygens (including phenoxy) is 1. The summed E-state index contributed by atoms with van der Waals surface area (Å²) in [6.07, 6.45) is 0. The van der Waals surface area contributed by atoms with Crippen LogP contribution < -0.4 is 10.1 Å². The van der Waals surface area contributed by atoms with Crippen molar-refractivity contribution in [3.8, 4) is 17.0 Å². The minimum absolute atomic E-state index is 0.0214. The highest BCUT2D eigenvalue weighted by Gasteiger charge is 2.29. The molecule has 0 atom stereocenters. The van der Waals surface area contributed by atoms with E-state index in [9.17, 15) is 18.0 Å². The van der Waals surface area contributed by atoms with Crippen LogP contribution in [0.4, 0.5) is 5.82 Å². The molecule has 178 valence electrons. The van der Waals surface area contributed by atoms with Gasteiger partial charge in [-0.25, -0.2) is 8.42 Å². The first-order valence-electron chi connectivity index (χ1n) is 10.7. The molecule has 1 aliphatic heterocycles. The zero-order valence-electron chi connectivity index (χ0n) is 18.8. The lowest BCUT2D eigenvalue weighted by atomic mass is 10.1. The van der Waals surface area contributed by atoms with Crippen molar-refractivity contribution in [2.24, 2.45) is 0 Å². The summed E-state index contributed by atoms with van der Waals surface area (Å²) in [7, 11) is -2.23. The number of nitrogens with zero attached hydrogens (tertiary/aromatic N) is 3. The number of hydrogen-bond acceptors (Lipinski definition) is 6. The van der Waals surface area contributed by atoms with Crippen molar-refractivity contribution in [1.82, 2.24) is 19.4 Å². The molecule has 1 saturated heterocycles. The van der Waals surface area contributed by atoms with E-state index in [1.807, 2.05) is 24.3 Å². The molecule has 1 aliphatic rings. The molecule has 2 N–H and O–H groups in total. The van der Waals surface area contributed by atoms with Crippen molar-refractivity contribution in [1.29, 1.82) is 0 Å². The Labute approximate surface area is 197 Å². The van der Waals surface area contributed by atoms with Crippen molar-refractivity contribution >= 4 is 27.7 Å². The molecule has 2 heterocycles. The molecule has 1 fully saturated rings. The topological polar surface area (TPSA) is 125 Å². The van der Waals surface area contributed by atoms with Gasteiger partial charge in [-0.2, -0.15) is 9.40 Å². The minimum Gasteiger partial charge on any atom is -0.496 e. The predicted molar refractivity (Wildman–Crippen MR) is 126 cm³/mol. The van der Waals surface area contributed by atoms with Crippen LogP contribution in [0.1, 0.15) is 17.3 Å². The van der Waals surface area contributed by atoms with Crippen molar-refractivity contribution < 1.29 is 22.7 Å². The number of sulfonamides is 1. The van der Waals surface area contributed by atoms with E-state index in [0.29, 0.717) is 30.4 Å². The van der Waals surface area contributed by atoms with Gasteiger partial charge in [-0.1, -0.05) is 18.2 Å². The number of nitrogens with one attached hydrogen (secondary N) is 2. The molecule has 2 amide bonds. The van der Waals surface area contributed by atoms with E-state index >= 15 is 0 Å². The lowest BCUT2D eigenvalue weighted by Crippen LogP contribution is -2.49. The molecule has 2 aromatic carbocycles. The van der Waals surface area contributed by atoms with Gasteiger partial charge in [-0.05, 0) is 30.3 Å². The van der Waals surface area contributed by atoms with Crippen LogP contribution in [0.3, 0.4) is 0 Å². The first kappa shape index (κ1) is 23.5. The number of para-hydroxylation sites is 1. The standard InChI is InChI=1S/C23H25N5O5S/c1-16(29)27-10-12-28(13-11-27)34(31,32)18-7-5-6-17(14-18)23(30)24-22-15-20(25-26-22)19-8-3-4-9-21(19)33-2/h3-9,14-15H,10-13H2,1-2H3,(H2,24,25,26,30). The number of carbonyl (C=O) groups excluding carboxylic acids is 2. The Hall–Kier alpha value is -3.70. The number of rotatable bonds is 6. The lowest BCUT2D eigenvalue weighted by molar-refractivity contribution is -0.129. The van der Waals surface area contributed by atoms with Crippen molar-refractivity contribution in [2.45, 2.75) is 11.8 Å². The summed E-state index contributed by atoms with van der Waals surface area (Å²) >= 11 is 0. The van der Waals surface area contributed by atoms with E-state index in [2.05, 4.69) is 15.5 Å². The third kappa shape index (κ3) is 4.80. The monoisotopic (exact) mass is 483 g/mol.